The number of rotatable bonds is 3. The topological polar surface area (TPSA) is 52.6 Å². The Bertz CT molecular complexity index is 636. The van der Waals surface area contributed by atoms with Crippen molar-refractivity contribution in [3.8, 4) is 0 Å². The van der Waals surface area contributed by atoms with Crippen molar-refractivity contribution in [3.05, 3.63) is 40.4 Å². The molecule has 0 unspecified atom stereocenters. The Kier molecular flexibility index (Phi) is 5.09. The van der Waals surface area contributed by atoms with E-state index in [0.29, 0.717) is 19.6 Å². The Morgan fingerprint density at radius 3 is 2.59 bits per heavy atom. The lowest BCUT2D eigenvalue weighted by atomic mass is 9.72. The number of hydrogen-bond acceptors (Lipinski definition) is 4. The summed E-state index contributed by atoms with van der Waals surface area (Å²) in [6, 6.07) is 0. The van der Waals surface area contributed by atoms with Gasteiger partial charge in [0.2, 0.25) is 0 Å². The van der Waals surface area contributed by atoms with Gasteiger partial charge < -0.3 is 9.05 Å². The van der Waals surface area contributed by atoms with Crippen LogP contribution in [0.1, 0.15) is 40.5 Å². The molecule has 0 aromatic rings. The van der Waals surface area contributed by atoms with Gasteiger partial charge in [-0.1, -0.05) is 26.0 Å². The van der Waals surface area contributed by atoms with Crippen molar-refractivity contribution < 1.29 is 18.4 Å². The molecule has 0 aromatic carbocycles. The van der Waals surface area contributed by atoms with Crippen LogP contribution in [-0.4, -0.2) is 19.0 Å². The van der Waals surface area contributed by atoms with E-state index in [1.165, 1.54) is 5.82 Å². The SMILES string of the molecule is CC(=C=CP1(=O)OCCO1)/C=C/C1=C(C)C(=O)CCC1(C)C. The van der Waals surface area contributed by atoms with E-state index in [9.17, 15) is 9.36 Å². The molecule has 1 aliphatic carbocycles. The van der Waals surface area contributed by atoms with Crippen LogP contribution in [0.4, 0.5) is 0 Å². The summed E-state index contributed by atoms with van der Waals surface area (Å²) in [5.74, 6) is 1.59. The maximum atomic E-state index is 12.0. The number of Topliss-reactive ketones (excluding diaryl/α,β-unsaturated/α-hetero) is 1. The van der Waals surface area contributed by atoms with Crippen molar-refractivity contribution in [1.29, 1.82) is 0 Å². The first kappa shape index (κ1) is 17.2. The average molecular weight is 322 g/mol. The highest BCUT2D eigenvalue weighted by Gasteiger charge is 2.30. The number of carbonyl (C=O) groups is 1. The van der Waals surface area contributed by atoms with Crippen LogP contribution in [0.15, 0.2) is 40.4 Å². The molecule has 0 saturated carbocycles. The summed E-state index contributed by atoms with van der Waals surface area (Å²) in [6.07, 6.45) is 5.33. The molecule has 4 nitrogen and oxygen atoms in total. The van der Waals surface area contributed by atoms with Crippen LogP contribution in [-0.2, 0) is 18.4 Å². The van der Waals surface area contributed by atoms with Crippen LogP contribution in [0.3, 0.4) is 0 Å². The molecule has 0 radical (unpaired) electrons. The average Bonchev–Trinajstić information content (AvgIpc) is 2.88. The second kappa shape index (κ2) is 6.52. The number of ketones is 1. The van der Waals surface area contributed by atoms with E-state index in [0.717, 1.165) is 23.1 Å². The molecular weight excluding hydrogens is 299 g/mol. The largest absolute Gasteiger partial charge is 0.361 e. The third-order valence-corrected chi connectivity index (χ3v) is 5.63. The normalized spacial score (nSPS) is 23.7. The number of hydrogen-bond donors (Lipinski definition) is 0. The van der Waals surface area contributed by atoms with Crippen molar-refractivity contribution >= 4 is 13.4 Å². The highest BCUT2D eigenvalue weighted by molar-refractivity contribution is 7.57. The molecule has 0 spiro atoms. The second-order valence-electron chi connectivity index (χ2n) is 6.34. The molecule has 1 aliphatic heterocycles. The van der Waals surface area contributed by atoms with Crippen LogP contribution in [0.25, 0.3) is 0 Å². The van der Waals surface area contributed by atoms with Crippen molar-refractivity contribution in [2.24, 2.45) is 5.41 Å². The zero-order valence-corrected chi connectivity index (χ0v) is 14.5. The van der Waals surface area contributed by atoms with Gasteiger partial charge in [0.15, 0.2) is 5.78 Å². The van der Waals surface area contributed by atoms with Crippen LogP contribution >= 0.6 is 7.60 Å². The van der Waals surface area contributed by atoms with Gasteiger partial charge in [-0.25, -0.2) is 0 Å². The number of allylic oxidation sites excluding steroid dienone is 5. The fraction of sp³-hybridized carbons (Fsp3) is 0.529. The zero-order valence-electron chi connectivity index (χ0n) is 13.6. The summed E-state index contributed by atoms with van der Waals surface area (Å²) in [5, 5.41) is 0. The summed E-state index contributed by atoms with van der Waals surface area (Å²) in [5.41, 5.74) is 5.63. The van der Waals surface area contributed by atoms with Gasteiger partial charge >= 0.3 is 7.60 Å². The van der Waals surface area contributed by atoms with Gasteiger partial charge in [-0.2, -0.15) is 0 Å². The minimum absolute atomic E-state index is 0.0110. The molecule has 1 fully saturated rings. The zero-order chi connectivity index (χ0) is 16.4. The van der Waals surface area contributed by atoms with Gasteiger partial charge in [-0.15, -0.1) is 5.73 Å². The summed E-state index contributed by atoms with van der Waals surface area (Å²) < 4.78 is 22.1. The lowest BCUT2D eigenvalue weighted by Gasteiger charge is -2.32. The molecule has 2 rings (SSSR count). The predicted octanol–water partition coefficient (Wildman–Crippen LogP) is 4.55. The third-order valence-electron chi connectivity index (χ3n) is 4.10. The maximum Gasteiger partial charge on any atom is 0.361 e. The van der Waals surface area contributed by atoms with E-state index < -0.39 is 7.60 Å². The molecule has 0 amide bonds. The minimum Gasteiger partial charge on any atom is -0.303 e. The van der Waals surface area contributed by atoms with Crippen molar-refractivity contribution in [3.63, 3.8) is 0 Å². The lowest BCUT2D eigenvalue weighted by Crippen LogP contribution is -2.24. The highest BCUT2D eigenvalue weighted by Crippen LogP contribution is 2.52. The van der Waals surface area contributed by atoms with Crippen LogP contribution in [0.2, 0.25) is 0 Å². The van der Waals surface area contributed by atoms with Gasteiger partial charge in [0.05, 0.1) is 19.0 Å². The van der Waals surface area contributed by atoms with Crippen molar-refractivity contribution in [1.82, 2.24) is 0 Å². The van der Waals surface area contributed by atoms with E-state index >= 15 is 0 Å². The Hall–Kier alpha value is -1.18. The monoisotopic (exact) mass is 322 g/mol. The van der Waals surface area contributed by atoms with Gasteiger partial charge in [0, 0.05) is 6.42 Å². The minimum atomic E-state index is -3.08. The first-order valence-corrected chi connectivity index (χ1v) is 9.11. The van der Waals surface area contributed by atoms with Crippen LogP contribution in [0.5, 0.6) is 0 Å². The molecule has 22 heavy (non-hydrogen) atoms. The van der Waals surface area contributed by atoms with Gasteiger partial charge in [0.1, 0.15) is 0 Å². The predicted molar refractivity (Wildman–Crippen MR) is 86.6 cm³/mol. The molecule has 1 saturated heterocycles. The Morgan fingerprint density at radius 2 is 1.95 bits per heavy atom. The fourth-order valence-corrected chi connectivity index (χ4v) is 3.88. The molecule has 5 heteroatoms. The maximum absolute atomic E-state index is 12.0. The summed E-state index contributed by atoms with van der Waals surface area (Å²) in [7, 11) is -3.08. The van der Waals surface area contributed by atoms with E-state index in [-0.39, 0.29) is 11.2 Å². The quantitative estimate of drug-likeness (QED) is 0.434. The molecule has 0 N–H and O–H groups in total. The molecular formula is C17H23O4P. The summed E-state index contributed by atoms with van der Waals surface area (Å²) in [4.78, 5) is 11.9. The van der Waals surface area contributed by atoms with Gasteiger partial charge in [-0.05, 0) is 42.4 Å². The van der Waals surface area contributed by atoms with Crippen molar-refractivity contribution in [2.75, 3.05) is 13.2 Å². The standard InChI is InChI=1S/C17H23O4P/c1-13(8-12-22(19)20-10-11-21-22)5-6-15-14(2)16(18)7-9-17(15,3)4/h5-6,12H,7,9-11H2,1-4H3/b6-5+. The molecule has 2 aliphatic rings. The molecule has 1 heterocycles. The molecule has 120 valence electrons. The second-order valence-corrected chi connectivity index (χ2v) is 8.20. The molecule has 0 bridgehead atoms. The van der Waals surface area contributed by atoms with E-state index in [1.54, 1.807) is 0 Å². The van der Waals surface area contributed by atoms with Crippen LogP contribution in [0, 0.1) is 5.41 Å². The Labute approximate surface area is 132 Å². The Morgan fingerprint density at radius 1 is 1.32 bits per heavy atom. The summed E-state index contributed by atoms with van der Waals surface area (Å²) in [6.45, 7) is 8.75. The fourth-order valence-electron chi connectivity index (χ4n) is 2.63. The third kappa shape index (κ3) is 3.97. The Balaban J connectivity index is 2.23. The first-order valence-electron chi connectivity index (χ1n) is 7.49. The lowest BCUT2D eigenvalue weighted by molar-refractivity contribution is -0.116. The van der Waals surface area contributed by atoms with E-state index in [1.807, 2.05) is 26.0 Å². The van der Waals surface area contributed by atoms with Crippen LogP contribution < -0.4 is 0 Å². The smallest absolute Gasteiger partial charge is 0.303 e. The molecule has 0 atom stereocenters. The first-order chi connectivity index (χ1) is 10.2. The van der Waals surface area contributed by atoms with Gasteiger partial charge in [-0.3, -0.25) is 9.36 Å². The number of carbonyl (C=O) groups excluding carboxylic acids is 1. The highest BCUT2D eigenvalue weighted by atomic mass is 31.2. The van der Waals surface area contributed by atoms with Crippen molar-refractivity contribution in [2.45, 2.75) is 40.5 Å². The van der Waals surface area contributed by atoms with E-state index in [2.05, 4.69) is 19.6 Å². The molecule has 0 aromatic heterocycles. The summed E-state index contributed by atoms with van der Waals surface area (Å²) >= 11 is 0. The van der Waals surface area contributed by atoms with E-state index in [4.69, 9.17) is 9.05 Å². The van der Waals surface area contributed by atoms with Gasteiger partial charge in [0.25, 0.3) is 0 Å².